The summed E-state index contributed by atoms with van der Waals surface area (Å²) in [6, 6.07) is 3.93. The van der Waals surface area contributed by atoms with Gasteiger partial charge in [-0.15, -0.1) is 0 Å². The third kappa shape index (κ3) is 2.99. The van der Waals surface area contributed by atoms with E-state index < -0.39 is 0 Å². The fraction of sp³-hybridized carbons (Fsp3) is 0.462. The summed E-state index contributed by atoms with van der Waals surface area (Å²) in [6.07, 6.45) is 2.05. The molecule has 2 N–H and O–H groups in total. The number of benzene rings is 1. The Balaban J connectivity index is 3.00. The average Bonchev–Trinajstić information content (AvgIpc) is 2.23. The van der Waals surface area contributed by atoms with Crippen molar-refractivity contribution in [3.8, 4) is 0 Å². The van der Waals surface area contributed by atoms with E-state index in [2.05, 4.69) is 6.92 Å². The molecule has 1 aromatic carbocycles. The van der Waals surface area contributed by atoms with Gasteiger partial charge in [-0.3, -0.25) is 4.79 Å². The molecule has 0 saturated heterocycles. The van der Waals surface area contributed by atoms with Crippen LogP contribution in [0.5, 0.6) is 0 Å². The van der Waals surface area contributed by atoms with Crippen molar-refractivity contribution in [2.45, 2.75) is 40.2 Å². The van der Waals surface area contributed by atoms with Gasteiger partial charge in [0.2, 0.25) is 0 Å². The largest absolute Gasteiger partial charge is 0.461 e. The molecule has 0 aliphatic rings. The molecule has 1 rings (SSSR count). The summed E-state index contributed by atoms with van der Waals surface area (Å²) >= 11 is 0. The second-order valence-electron chi connectivity index (χ2n) is 3.95. The number of carbonyl (C=O) groups is 1. The molecule has 0 fully saturated rings. The zero-order valence-electron chi connectivity index (χ0n) is 10.2. The van der Waals surface area contributed by atoms with Crippen molar-refractivity contribution in [2.24, 2.45) is 0 Å². The minimum absolute atomic E-state index is 0.260. The molecule has 3 heteroatoms. The van der Waals surface area contributed by atoms with Crippen LogP contribution in [0.15, 0.2) is 12.1 Å². The van der Waals surface area contributed by atoms with Crippen molar-refractivity contribution in [2.75, 3.05) is 5.73 Å². The monoisotopic (exact) mass is 221 g/mol. The van der Waals surface area contributed by atoms with Crippen LogP contribution in [0.1, 0.15) is 37.0 Å². The van der Waals surface area contributed by atoms with Crippen molar-refractivity contribution >= 4 is 11.7 Å². The maximum absolute atomic E-state index is 10.8. The highest BCUT2D eigenvalue weighted by atomic mass is 16.5. The number of nitrogens with two attached hydrogens (primary N) is 1. The Morgan fingerprint density at radius 3 is 2.69 bits per heavy atom. The highest BCUT2D eigenvalue weighted by Gasteiger charge is 2.09. The van der Waals surface area contributed by atoms with E-state index in [1.165, 1.54) is 12.5 Å². The molecular formula is C13H19NO2. The van der Waals surface area contributed by atoms with Crippen molar-refractivity contribution in [1.82, 2.24) is 0 Å². The second-order valence-corrected chi connectivity index (χ2v) is 3.95. The molecule has 1 aromatic rings. The first-order valence-electron chi connectivity index (χ1n) is 5.56. The topological polar surface area (TPSA) is 52.3 Å². The van der Waals surface area contributed by atoms with Crippen molar-refractivity contribution in [3.63, 3.8) is 0 Å². The van der Waals surface area contributed by atoms with Gasteiger partial charge in [-0.25, -0.2) is 0 Å². The van der Waals surface area contributed by atoms with Gasteiger partial charge in [0.25, 0.3) is 0 Å². The van der Waals surface area contributed by atoms with Gasteiger partial charge >= 0.3 is 5.97 Å². The number of hydrogen-bond donors (Lipinski definition) is 1. The van der Waals surface area contributed by atoms with Crippen LogP contribution in [0, 0.1) is 6.92 Å². The van der Waals surface area contributed by atoms with Gasteiger partial charge in [-0.1, -0.05) is 19.4 Å². The van der Waals surface area contributed by atoms with Gasteiger partial charge in [0.1, 0.15) is 6.61 Å². The summed E-state index contributed by atoms with van der Waals surface area (Å²) < 4.78 is 5.06. The lowest BCUT2D eigenvalue weighted by Crippen LogP contribution is -2.06. The Bertz CT molecular complexity index is 386. The van der Waals surface area contributed by atoms with E-state index in [4.69, 9.17) is 10.5 Å². The van der Waals surface area contributed by atoms with Crippen molar-refractivity contribution in [1.29, 1.82) is 0 Å². The average molecular weight is 221 g/mol. The van der Waals surface area contributed by atoms with E-state index in [-0.39, 0.29) is 5.97 Å². The first-order chi connectivity index (χ1) is 7.56. The molecule has 0 aliphatic carbocycles. The summed E-state index contributed by atoms with van der Waals surface area (Å²) in [5.41, 5.74) is 9.89. The van der Waals surface area contributed by atoms with Crippen LogP contribution in [0.3, 0.4) is 0 Å². The number of hydrogen-bond acceptors (Lipinski definition) is 3. The van der Waals surface area contributed by atoms with Crippen LogP contribution in [0.2, 0.25) is 0 Å². The molecule has 3 nitrogen and oxygen atoms in total. The molecular weight excluding hydrogens is 202 g/mol. The first kappa shape index (κ1) is 12.6. The van der Waals surface area contributed by atoms with Crippen LogP contribution < -0.4 is 5.73 Å². The standard InChI is InChI=1S/C13H19NO2/c1-4-5-11-6-7-13(14)9(2)12(11)8-16-10(3)15/h6-7H,4-5,8,14H2,1-3H3. The van der Waals surface area contributed by atoms with Gasteiger partial charge in [0, 0.05) is 12.6 Å². The van der Waals surface area contributed by atoms with Crippen LogP contribution in [0.4, 0.5) is 5.69 Å². The molecule has 0 unspecified atom stereocenters. The third-order valence-corrected chi connectivity index (χ3v) is 2.68. The lowest BCUT2D eigenvalue weighted by Gasteiger charge is -2.14. The fourth-order valence-electron chi connectivity index (χ4n) is 1.71. The van der Waals surface area contributed by atoms with Crippen LogP contribution in [0.25, 0.3) is 0 Å². The highest BCUT2D eigenvalue weighted by Crippen LogP contribution is 2.22. The molecule has 0 aliphatic heterocycles. The molecule has 0 spiro atoms. The predicted molar refractivity (Wildman–Crippen MR) is 65.1 cm³/mol. The molecule has 0 heterocycles. The zero-order chi connectivity index (χ0) is 12.1. The van der Waals surface area contributed by atoms with Gasteiger partial charge < -0.3 is 10.5 Å². The smallest absolute Gasteiger partial charge is 0.302 e. The Kier molecular flexibility index (Phi) is 4.35. The van der Waals surface area contributed by atoms with Gasteiger partial charge in [-0.2, -0.15) is 0 Å². The third-order valence-electron chi connectivity index (χ3n) is 2.68. The van der Waals surface area contributed by atoms with E-state index in [1.807, 2.05) is 19.1 Å². The summed E-state index contributed by atoms with van der Waals surface area (Å²) in [6.45, 7) is 5.83. The highest BCUT2D eigenvalue weighted by molar-refractivity contribution is 5.66. The number of rotatable bonds is 4. The van der Waals surface area contributed by atoms with Crippen LogP contribution in [-0.2, 0) is 22.6 Å². The van der Waals surface area contributed by atoms with E-state index in [9.17, 15) is 4.79 Å². The predicted octanol–water partition coefficient (Wildman–Crippen LogP) is 2.59. The SMILES string of the molecule is CCCc1ccc(N)c(C)c1COC(C)=O. The lowest BCUT2D eigenvalue weighted by molar-refractivity contribution is -0.142. The molecule has 88 valence electrons. The van der Waals surface area contributed by atoms with E-state index >= 15 is 0 Å². The molecule has 16 heavy (non-hydrogen) atoms. The molecule has 0 bridgehead atoms. The molecule has 0 amide bonds. The van der Waals surface area contributed by atoms with E-state index in [1.54, 1.807) is 0 Å². The number of ether oxygens (including phenoxy) is 1. The molecule has 0 atom stereocenters. The molecule has 0 saturated carbocycles. The Hall–Kier alpha value is -1.51. The van der Waals surface area contributed by atoms with E-state index in [0.717, 1.165) is 29.7 Å². The summed E-state index contributed by atoms with van der Waals surface area (Å²) in [7, 11) is 0. The van der Waals surface area contributed by atoms with Gasteiger partial charge in [0.05, 0.1) is 0 Å². The Morgan fingerprint density at radius 2 is 2.12 bits per heavy atom. The second kappa shape index (κ2) is 5.54. The number of nitrogen functional groups attached to an aromatic ring is 1. The summed E-state index contributed by atoms with van der Waals surface area (Å²) in [5, 5.41) is 0. The first-order valence-corrected chi connectivity index (χ1v) is 5.56. The number of anilines is 1. The Labute approximate surface area is 96.6 Å². The maximum Gasteiger partial charge on any atom is 0.302 e. The quantitative estimate of drug-likeness (QED) is 0.628. The zero-order valence-corrected chi connectivity index (χ0v) is 10.2. The number of carbonyl (C=O) groups excluding carboxylic acids is 1. The lowest BCUT2D eigenvalue weighted by atomic mass is 9.98. The van der Waals surface area contributed by atoms with Crippen molar-refractivity contribution < 1.29 is 9.53 Å². The summed E-state index contributed by atoms with van der Waals surface area (Å²) in [5.74, 6) is -0.260. The fourth-order valence-corrected chi connectivity index (χ4v) is 1.71. The normalized spacial score (nSPS) is 10.2. The molecule has 0 radical (unpaired) electrons. The number of aryl methyl sites for hydroxylation is 1. The minimum Gasteiger partial charge on any atom is -0.461 e. The molecule has 0 aromatic heterocycles. The maximum atomic E-state index is 10.8. The van der Waals surface area contributed by atoms with Gasteiger partial charge in [-0.05, 0) is 36.1 Å². The van der Waals surface area contributed by atoms with Crippen LogP contribution in [-0.4, -0.2) is 5.97 Å². The Morgan fingerprint density at radius 1 is 1.44 bits per heavy atom. The van der Waals surface area contributed by atoms with Crippen molar-refractivity contribution in [3.05, 3.63) is 28.8 Å². The minimum atomic E-state index is -0.260. The summed E-state index contributed by atoms with van der Waals surface area (Å²) in [4.78, 5) is 10.8. The number of esters is 1. The van der Waals surface area contributed by atoms with Crippen LogP contribution >= 0.6 is 0 Å². The van der Waals surface area contributed by atoms with E-state index in [0.29, 0.717) is 6.61 Å². The van der Waals surface area contributed by atoms with Gasteiger partial charge in [0.15, 0.2) is 0 Å².